The normalized spacial score (nSPS) is 14.5. The molecule has 0 saturated heterocycles. The number of hydrogen-bond donors (Lipinski definition) is 0. The summed E-state index contributed by atoms with van der Waals surface area (Å²) in [7, 11) is 1.36. The summed E-state index contributed by atoms with van der Waals surface area (Å²) in [6, 6.07) is 0. The minimum absolute atomic E-state index is 0.347. The monoisotopic (exact) mass is 226 g/mol. The molecule has 0 aromatic carbocycles. The number of amides is 1. The third-order valence-electron chi connectivity index (χ3n) is 2.51. The van der Waals surface area contributed by atoms with E-state index in [4.69, 9.17) is 9.26 Å². The van der Waals surface area contributed by atoms with Gasteiger partial charge in [0, 0.05) is 6.54 Å². The van der Waals surface area contributed by atoms with Crippen molar-refractivity contribution >= 4 is 6.09 Å². The first-order valence-corrected chi connectivity index (χ1v) is 5.19. The van der Waals surface area contributed by atoms with Gasteiger partial charge in [-0.25, -0.2) is 4.79 Å². The lowest BCUT2D eigenvalue weighted by molar-refractivity contribution is 0.113. The van der Waals surface area contributed by atoms with Crippen LogP contribution in [0.2, 0.25) is 0 Å². The molecule has 1 aromatic rings. The highest BCUT2D eigenvalue weighted by Crippen LogP contribution is 2.27. The van der Waals surface area contributed by atoms with Crippen LogP contribution in [0.15, 0.2) is 4.52 Å². The van der Waals surface area contributed by atoms with Crippen LogP contribution in [0.3, 0.4) is 0 Å². The minimum atomic E-state index is -0.347. The Morgan fingerprint density at radius 1 is 1.62 bits per heavy atom. The number of aromatic nitrogens is 1. The molecule has 0 radical (unpaired) electrons. The fourth-order valence-electron chi connectivity index (χ4n) is 1.73. The standard InChI is InChI=1S/C10H14N2O4/c1-3-15-9-7-4-5-12(10(13)14-2)6-8(7)16-11-9/h3-6H2,1-2H3. The van der Waals surface area contributed by atoms with Gasteiger partial charge in [-0.3, -0.25) is 0 Å². The Hall–Kier alpha value is -1.72. The smallest absolute Gasteiger partial charge is 0.409 e. The SMILES string of the molecule is CCOc1noc2c1CCN(C(=O)OC)C2. The summed E-state index contributed by atoms with van der Waals surface area (Å²) in [5.41, 5.74) is 0.960. The van der Waals surface area contributed by atoms with E-state index >= 15 is 0 Å². The van der Waals surface area contributed by atoms with Crippen LogP contribution in [0.1, 0.15) is 18.2 Å². The summed E-state index contributed by atoms with van der Waals surface area (Å²) in [6.07, 6.45) is 0.337. The highest BCUT2D eigenvalue weighted by molar-refractivity contribution is 5.67. The van der Waals surface area contributed by atoms with Crippen molar-refractivity contribution in [3.8, 4) is 5.88 Å². The summed E-state index contributed by atoms with van der Waals surface area (Å²) in [5.74, 6) is 1.22. The zero-order chi connectivity index (χ0) is 11.5. The third kappa shape index (κ3) is 1.82. The van der Waals surface area contributed by atoms with E-state index in [1.807, 2.05) is 6.92 Å². The molecule has 1 amide bonds. The Bertz CT molecular complexity index is 388. The lowest BCUT2D eigenvalue weighted by atomic mass is 10.1. The zero-order valence-electron chi connectivity index (χ0n) is 9.36. The highest BCUT2D eigenvalue weighted by Gasteiger charge is 2.27. The predicted molar refractivity (Wildman–Crippen MR) is 54.2 cm³/mol. The van der Waals surface area contributed by atoms with E-state index in [1.165, 1.54) is 7.11 Å². The van der Waals surface area contributed by atoms with Gasteiger partial charge in [-0.1, -0.05) is 0 Å². The van der Waals surface area contributed by atoms with Crippen molar-refractivity contribution in [3.05, 3.63) is 11.3 Å². The van der Waals surface area contributed by atoms with Crippen LogP contribution in [-0.2, 0) is 17.7 Å². The van der Waals surface area contributed by atoms with Gasteiger partial charge in [0.15, 0.2) is 5.76 Å². The van der Waals surface area contributed by atoms with Crippen molar-refractivity contribution in [3.63, 3.8) is 0 Å². The van der Waals surface area contributed by atoms with Gasteiger partial charge in [0.05, 0.1) is 25.8 Å². The lowest BCUT2D eigenvalue weighted by Crippen LogP contribution is -2.35. The van der Waals surface area contributed by atoms with E-state index in [2.05, 4.69) is 9.89 Å². The second-order valence-corrected chi connectivity index (χ2v) is 3.46. The molecule has 0 aliphatic carbocycles. The summed E-state index contributed by atoms with van der Waals surface area (Å²) in [6.45, 7) is 3.44. The van der Waals surface area contributed by atoms with Gasteiger partial charge in [-0.15, -0.1) is 0 Å². The second-order valence-electron chi connectivity index (χ2n) is 3.46. The van der Waals surface area contributed by atoms with Crippen LogP contribution in [0, 0.1) is 0 Å². The number of ether oxygens (including phenoxy) is 2. The first kappa shape index (κ1) is 10.8. The van der Waals surface area contributed by atoms with Gasteiger partial charge in [-0.05, 0) is 18.5 Å². The molecule has 0 unspecified atom stereocenters. The van der Waals surface area contributed by atoms with E-state index in [-0.39, 0.29) is 6.09 Å². The molecule has 2 rings (SSSR count). The lowest BCUT2D eigenvalue weighted by Gasteiger charge is -2.23. The average Bonchev–Trinajstić information content (AvgIpc) is 2.71. The van der Waals surface area contributed by atoms with Crippen LogP contribution < -0.4 is 4.74 Å². The third-order valence-corrected chi connectivity index (χ3v) is 2.51. The number of fused-ring (bicyclic) bond motifs is 1. The predicted octanol–water partition coefficient (Wildman–Crippen LogP) is 1.20. The minimum Gasteiger partial charge on any atom is -0.476 e. The van der Waals surface area contributed by atoms with Crippen molar-refractivity contribution in [1.82, 2.24) is 10.1 Å². The van der Waals surface area contributed by atoms with Crippen LogP contribution in [-0.4, -0.2) is 36.4 Å². The molecule has 0 atom stereocenters. The molecule has 0 saturated carbocycles. The number of nitrogens with zero attached hydrogens (tertiary/aromatic N) is 2. The van der Waals surface area contributed by atoms with Crippen LogP contribution in [0.25, 0.3) is 0 Å². The van der Waals surface area contributed by atoms with E-state index in [1.54, 1.807) is 4.90 Å². The zero-order valence-corrected chi connectivity index (χ0v) is 9.36. The van der Waals surface area contributed by atoms with Gasteiger partial charge in [-0.2, -0.15) is 0 Å². The molecule has 6 nitrogen and oxygen atoms in total. The Kier molecular flexibility index (Phi) is 2.98. The van der Waals surface area contributed by atoms with Gasteiger partial charge in [0.1, 0.15) is 0 Å². The van der Waals surface area contributed by atoms with E-state index < -0.39 is 0 Å². The fraction of sp³-hybridized carbons (Fsp3) is 0.600. The van der Waals surface area contributed by atoms with Gasteiger partial charge in [0.2, 0.25) is 0 Å². The summed E-state index contributed by atoms with van der Waals surface area (Å²) in [5, 5.41) is 3.83. The molecule has 0 N–H and O–H groups in total. The Labute approximate surface area is 93.1 Å². The number of carbonyl (C=O) groups excluding carboxylic acids is 1. The number of rotatable bonds is 2. The van der Waals surface area contributed by atoms with Crippen molar-refractivity contribution in [1.29, 1.82) is 0 Å². The number of hydrogen-bond acceptors (Lipinski definition) is 5. The summed E-state index contributed by atoms with van der Waals surface area (Å²) < 4.78 is 15.1. The Balaban J connectivity index is 2.13. The first-order valence-electron chi connectivity index (χ1n) is 5.19. The number of carbonyl (C=O) groups is 1. The van der Waals surface area contributed by atoms with Crippen molar-refractivity contribution in [2.45, 2.75) is 19.9 Å². The highest BCUT2D eigenvalue weighted by atomic mass is 16.5. The molecule has 6 heteroatoms. The molecule has 2 heterocycles. The Morgan fingerprint density at radius 3 is 3.12 bits per heavy atom. The fourth-order valence-corrected chi connectivity index (χ4v) is 1.73. The molecule has 0 bridgehead atoms. The van der Waals surface area contributed by atoms with E-state index in [0.29, 0.717) is 37.8 Å². The maximum atomic E-state index is 11.3. The molecule has 0 spiro atoms. The molecular weight excluding hydrogens is 212 g/mol. The topological polar surface area (TPSA) is 64.8 Å². The van der Waals surface area contributed by atoms with Crippen molar-refractivity contribution in [2.24, 2.45) is 0 Å². The number of methoxy groups -OCH3 is 1. The molecule has 16 heavy (non-hydrogen) atoms. The van der Waals surface area contributed by atoms with Crippen LogP contribution in [0.4, 0.5) is 4.79 Å². The van der Waals surface area contributed by atoms with Crippen molar-refractivity contribution < 1.29 is 18.8 Å². The van der Waals surface area contributed by atoms with Gasteiger partial charge in [0.25, 0.3) is 5.88 Å². The summed E-state index contributed by atoms with van der Waals surface area (Å²) >= 11 is 0. The molecule has 1 aliphatic heterocycles. The van der Waals surface area contributed by atoms with Crippen LogP contribution in [0.5, 0.6) is 5.88 Å². The quantitative estimate of drug-likeness (QED) is 0.758. The average molecular weight is 226 g/mol. The molecule has 1 aromatic heterocycles. The maximum Gasteiger partial charge on any atom is 0.409 e. The molecular formula is C10H14N2O4. The second kappa shape index (κ2) is 4.42. The van der Waals surface area contributed by atoms with Gasteiger partial charge < -0.3 is 18.9 Å². The largest absolute Gasteiger partial charge is 0.476 e. The van der Waals surface area contributed by atoms with Crippen LogP contribution >= 0.6 is 0 Å². The Morgan fingerprint density at radius 2 is 2.44 bits per heavy atom. The van der Waals surface area contributed by atoms with Gasteiger partial charge >= 0.3 is 6.09 Å². The molecule has 0 fully saturated rings. The van der Waals surface area contributed by atoms with Crippen molar-refractivity contribution in [2.75, 3.05) is 20.3 Å². The molecule has 88 valence electrons. The van der Waals surface area contributed by atoms with E-state index in [9.17, 15) is 4.79 Å². The first-order chi connectivity index (χ1) is 7.76. The maximum absolute atomic E-state index is 11.3. The van der Waals surface area contributed by atoms with E-state index in [0.717, 1.165) is 5.56 Å². The summed E-state index contributed by atoms with van der Waals surface area (Å²) in [4.78, 5) is 12.9. The molecule has 1 aliphatic rings.